The summed E-state index contributed by atoms with van der Waals surface area (Å²) in [6, 6.07) is 4.53. The van der Waals surface area contributed by atoms with Gasteiger partial charge in [-0.1, -0.05) is 31.1 Å². The number of alkyl halides is 3. The summed E-state index contributed by atoms with van der Waals surface area (Å²) in [7, 11) is 0. The van der Waals surface area contributed by atoms with Crippen LogP contribution >= 0.6 is 0 Å². The van der Waals surface area contributed by atoms with Gasteiger partial charge in [0, 0.05) is 18.7 Å². The van der Waals surface area contributed by atoms with Crippen molar-refractivity contribution in [3.63, 3.8) is 0 Å². The lowest BCUT2D eigenvalue weighted by molar-refractivity contribution is -0.137. The minimum absolute atomic E-state index is 0.199. The van der Waals surface area contributed by atoms with Gasteiger partial charge in [-0.2, -0.15) is 13.2 Å². The number of hydrogen-bond donors (Lipinski definition) is 0. The van der Waals surface area contributed by atoms with Gasteiger partial charge in [0.2, 0.25) is 0 Å². The highest BCUT2D eigenvalue weighted by molar-refractivity contribution is 5.99. The summed E-state index contributed by atoms with van der Waals surface area (Å²) in [4.78, 5) is 14.6. The number of nitrogens with zero attached hydrogens (tertiary/aromatic N) is 2. The predicted molar refractivity (Wildman–Crippen MR) is 85.8 cm³/mol. The molecule has 1 aliphatic heterocycles. The molecule has 2 aromatic rings. The zero-order valence-electron chi connectivity index (χ0n) is 14.0. The zero-order valence-corrected chi connectivity index (χ0v) is 14.0. The standard InChI is InChI=1S/C18H19F3N2O2/c1-11-7-12(2)10-23(9-11)17(24)15-8-22-25-16(15)13-3-5-14(6-4-13)18(19,20)21/h3-6,8,11-12H,7,9-10H2,1-2H3. The van der Waals surface area contributed by atoms with Crippen molar-refractivity contribution in [1.82, 2.24) is 10.1 Å². The van der Waals surface area contributed by atoms with E-state index in [-0.39, 0.29) is 17.2 Å². The van der Waals surface area contributed by atoms with Gasteiger partial charge in [-0.15, -0.1) is 0 Å². The second kappa shape index (κ2) is 6.54. The van der Waals surface area contributed by atoms with Crippen LogP contribution in [0.25, 0.3) is 11.3 Å². The van der Waals surface area contributed by atoms with Crippen LogP contribution in [0.5, 0.6) is 0 Å². The lowest BCUT2D eigenvalue weighted by atomic mass is 9.91. The van der Waals surface area contributed by atoms with Crippen molar-refractivity contribution >= 4 is 5.91 Å². The van der Waals surface area contributed by atoms with E-state index in [9.17, 15) is 18.0 Å². The Morgan fingerprint density at radius 3 is 2.32 bits per heavy atom. The molecule has 134 valence electrons. The Morgan fingerprint density at radius 1 is 1.16 bits per heavy atom. The molecule has 0 bridgehead atoms. The van der Waals surface area contributed by atoms with Crippen LogP contribution in [0.2, 0.25) is 0 Å². The molecule has 1 aliphatic rings. The van der Waals surface area contributed by atoms with E-state index in [0.29, 0.717) is 30.5 Å². The molecule has 0 spiro atoms. The zero-order chi connectivity index (χ0) is 18.2. The number of carbonyl (C=O) groups excluding carboxylic acids is 1. The van der Waals surface area contributed by atoms with Gasteiger partial charge in [0.15, 0.2) is 5.76 Å². The van der Waals surface area contributed by atoms with E-state index >= 15 is 0 Å². The topological polar surface area (TPSA) is 46.3 Å². The number of rotatable bonds is 2. The summed E-state index contributed by atoms with van der Waals surface area (Å²) < 4.78 is 43.2. The molecule has 2 unspecified atom stereocenters. The van der Waals surface area contributed by atoms with Crippen LogP contribution in [0.4, 0.5) is 13.2 Å². The lowest BCUT2D eigenvalue weighted by Crippen LogP contribution is -2.42. The molecule has 2 atom stereocenters. The highest BCUT2D eigenvalue weighted by atomic mass is 19.4. The van der Waals surface area contributed by atoms with Gasteiger partial charge in [0.1, 0.15) is 5.56 Å². The van der Waals surface area contributed by atoms with Crippen molar-refractivity contribution in [2.24, 2.45) is 11.8 Å². The highest BCUT2D eigenvalue weighted by Crippen LogP contribution is 2.32. The third kappa shape index (κ3) is 3.70. The fourth-order valence-corrected chi connectivity index (χ4v) is 3.41. The first-order valence-electron chi connectivity index (χ1n) is 8.17. The minimum Gasteiger partial charge on any atom is -0.355 e. The molecule has 3 rings (SSSR count). The van der Waals surface area contributed by atoms with Crippen molar-refractivity contribution in [2.75, 3.05) is 13.1 Å². The van der Waals surface area contributed by atoms with E-state index < -0.39 is 11.7 Å². The number of piperidine rings is 1. The van der Waals surface area contributed by atoms with E-state index in [0.717, 1.165) is 18.6 Å². The molecule has 0 radical (unpaired) electrons. The van der Waals surface area contributed by atoms with Crippen LogP contribution in [0, 0.1) is 11.8 Å². The molecule has 4 nitrogen and oxygen atoms in total. The fourth-order valence-electron chi connectivity index (χ4n) is 3.41. The summed E-state index contributed by atoms with van der Waals surface area (Å²) in [5.74, 6) is 0.809. The Kier molecular flexibility index (Phi) is 4.58. The van der Waals surface area contributed by atoms with Crippen molar-refractivity contribution in [1.29, 1.82) is 0 Å². The molecule has 2 heterocycles. The number of benzene rings is 1. The smallest absolute Gasteiger partial charge is 0.355 e. The number of amides is 1. The molecule has 0 saturated carbocycles. The lowest BCUT2D eigenvalue weighted by Gasteiger charge is -2.34. The number of hydrogen-bond acceptors (Lipinski definition) is 3. The highest BCUT2D eigenvalue weighted by Gasteiger charge is 2.31. The summed E-state index contributed by atoms with van der Waals surface area (Å²) >= 11 is 0. The second-order valence-electron chi connectivity index (χ2n) is 6.80. The average molecular weight is 352 g/mol. The molecule has 1 aromatic carbocycles. The summed E-state index contributed by atoms with van der Waals surface area (Å²) in [6.07, 6.45) is -2.00. The van der Waals surface area contributed by atoms with Crippen LogP contribution in [0.15, 0.2) is 35.0 Å². The Balaban J connectivity index is 1.86. The number of aromatic nitrogens is 1. The minimum atomic E-state index is -4.40. The van der Waals surface area contributed by atoms with E-state index in [1.807, 2.05) is 0 Å². The monoisotopic (exact) mass is 352 g/mol. The predicted octanol–water partition coefficient (Wildman–Crippen LogP) is 4.48. The Morgan fingerprint density at radius 2 is 1.76 bits per heavy atom. The average Bonchev–Trinajstić information content (AvgIpc) is 3.02. The van der Waals surface area contributed by atoms with Gasteiger partial charge in [-0.25, -0.2) is 0 Å². The quantitative estimate of drug-likeness (QED) is 0.801. The molecule has 0 aliphatic carbocycles. The van der Waals surface area contributed by atoms with Crippen molar-refractivity contribution in [3.8, 4) is 11.3 Å². The van der Waals surface area contributed by atoms with Gasteiger partial charge < -0.3 is 9.42 Å². The first-order chi connectivity index (χ1) is 11.8. The van der Waals surface area contributed by atoms with E-state index in [4.69, 9.17) is 4.52 Å². The molecule has 7 heteroatoms. The third-order valence-electron chi connectivity index (χ3n) is 4.43. The maximum atomic E-state index is 12.8. The molecule has 1 saturated heterocycles. The van der Waals surface area contributed by atoms with Gasteiger partial charge in [0.05, 0.1) is 11.8 Å². The van der Waals surface area contributed by atoms with Gasteiger partial charge >= 0.3 is 6.18 Å². The first-order valence-corrected chi connectivity index (χ1v) is 8.17. The Hall–Kier alpha value is -2.31. The summed E-state index contributed by atoms with van der Waals surface area (Å²) in [5, 5.41) is 3.68. The van der Waals surface area contributed by atoms with Crippen LogP contribution in [0.3, 0.4) is 0 Å². The third-order valence-corrected chi connectivity index (χ3v) is 4.43. The molecule has 1 amide bonds. The Labute approximate surface area is 143 Å². The van der Waals surface area contributed by atoms with E-state index in [1.165, 1.54) is 18.3 Å². The van der Waals surface area contributed by atoms with Crippen molar-refractivity contribution < 1.29 is 22.5 Å². The number of halogens is 3. The molecule has 1 aromatic heterocycles. The number of carbonyl (C=O) groups is 1. The van der Waals surface area contributed by atoms with E-state index in [2.05, 4.69) is 19.0 Å². The molecule has 25 heavy (non-hydrogen) atoms. The van der Waals surface area contributed by atoms with Crippen molar-refractivity contribution in [2.45, 2.75) is 26.4 Å². The van der Waals surface area contributed by atoms with Crippen LogP contribution in [0.1, 0.15) is 36.2 Å². The van der Waals surface area contributed by atoms with Crippen LogP contribution in [-0.4, -0.2) is 29.1 Å². The van der Waals surface area contributed by atoms with Crippen LogP contribution in [-0.2, 0) is 6.18 Å². The SMILES string of the molecule is CC1CC(C)CN(C(=O)c2cnoc2-c2ccc(C(F)(F)F)cc2)C1. The summed E-state index contributed by atoms with van der Waals surface area (Å²) in [5.41, 5.74) is -0.0738. The maximum absolute atomic E-state index is 12.8. The summed E-state index contributed by atoms with van der Waals surface area (Å²) in [6.45, 7) is 5.50. The van der Waals surface area contributed by atoms with Gasteiger partial charge in [-0.05, 0) is 30.4 Å². The first kappa shape index (κ1) is 17.5. The van der Waals surface area contributed by atoms with Gasteiger partial charge in [0.25, 0.3) is 5.91 Å². The molecular weight excluding hydrogens is 333 g/mol. The molecular formula is C18H19F3N2O2. The van der Waals surface area contributed by atoms with Crippen LogP contribution < -0.4 is 0 Å². The largest absolute Gasteiger partial charge is 0.416 e. The van der Waals surface area contributed by atoms with Crippen molar-refractivity contribution in [3.05, 3.63) is 41.6 Å². The maximum Gasteiger partial charge on any atom is 0.416 e. The van der Waals surface area contributed by atoms with E-state index in [1.54, 1.807) is 4.90 Å². The number of likely N-dealkylation sites (tertiary alicyclic amines) is 1. The fraction of sp³-hybridized carbons (Fsp3) is 0.444. The molecule has 0 N–H and O–H groups in total. The second-order valence-corrected chi connectivity index (χ2v) is 6.80. The van der Waals surface area contributed by atoms with Gasteiger partial charge in [-0.3, -0.25) is 4.79 Å². The Bertz CT molecular complexity index is 742. The molecule has 1 fully saturated rings. The normalized spacial score (nSPS) is 21.4.